The van der Waals surface area contributed by atoms with Crippen LogP contribution in [-0.2, 0) is 0 Å². The van der Waals surface area contributed by atoms with E-state index in [-0.39, 0.29) is 0 Å². The summed E-state index contributed by atoms with van der Waals surface area (Å²) >= 11 is 3.09. The van der Waals surface area contributed by atoms with Gasteiger partial charge in [0.25, 0.3) is 0 Å². The molecule has 0 spiro atoms. The van der Waals surface area contributed by atoms with Gasteiger partial charge in [0.15, 0.2) is 0 Å². The summed E-state index contributed by atoms with van der Waals surface area (Å²) in [6.07, 6.45) is 0. The van der Waals surface area contributed by atoms with Crippen LogP contribution in [0.4, 0.5) is 4.39 Å². The molecule has 9 heavy (non-hydrogen) atoms. The SMILES string of the molecule is Cc1ccc(F)nc1Br. The molecule has 1 aromatic rings. The van der Waals surface area contributed by atoms with Crippen molar-refractivity contribution in [2.24, 2.45) is 0 Å². The zero-order valence-corrected chi connectivity index (χ0v) is 6.44. The highest BCUT2D eigenvalue weighted by molar-refractivity contribution is 9.10. The van der Waals surface area contributed by atoms with Crippen LogP contribution >= 0.6 is 15.9 Å². The molecule has 0 N–H and O–H groups in total. The summed E-state index contributed by atoms with van der Waals surface area (Å²) in [5.41, 5.74) is 0.941. The summed E-state index contributed by atoms with van der Waals surface area (Å²) in [5.74, 6) is -0.451. The molecule has 1 rings (SSSR count). The lowest BCUT2D eigenvalue weighted by atomic mass is 10.3. The molecule has 0 fully saturated rings. The van der Waals surface area contributed by atoms with E-state index < -0.39 is 5.95 Å². The van der Waals surface area contributed by atoms with E-state index >= 15 is 0 Å². The number of aromatic nitrogens is 1. The van der Waals surface area contributed by atoms with Gasteiger partial charge in [-0.15, -0.1) is 0 Å². The van der Waals surface area contributed by atoms with Gasteiger partial charge in [-0.3, -0.25) is 0 Å². The first kappa shape index (κ1) is 6.68. The Labute approximate surface area is 61.0 Å². The zero-order valence-electron chi connectivity index (χ0n) is 4.86. The van der Waals surface area contributed by atoms with Crippen molar-refractivity contribution in [3.63, 3.8) is 0 Å². The third-order valence-electron chi connectivity index (χ3n) is 1.00. The van der Waals surface area contributed by atoms with Crippen molar-refractivity contribution in [1.29, 1.82) is 0 Å². The standard InChI is InChI=1S/C6H5BrFN/c1-4-2-3-5(8)9-6(4)7/h2-3H,1H3. The van der Waals surface area contributed by atoms with Gasteiger partial charge >= 0.3 is 0 Å². The number of pyridine rings is 1. The van der Waals surface area contributed by atoms with Crippen molar-refractivity contribution in [2.45, 2.75) is 6.92 Å². The number of aryl methyl sites for hydroxylation is 1. The number of hydrogen-bond donors (Lipinski definition) is 0. The van der Waals surface area contributed by atoms with Gasteiger partial charge in [-0.2, -0.15) is 4.39 Å². The second-order valence-corrected chi connectivity index (χ2v) is 2.49. The minimum absolute atomic E-state index is 0.451. The van der Waals surface area contributed by atoms with E-state index in [9.17, 15) is 4.39 Å². The van der Waals surface area contributed by atoms with Gasteiger partial charge in [-0.05, 0) is 34.5 Å². The van der Waals surface area contributed by atoms with E-state index in [1.807, 2.05) is 6.92 Å². The summed E-state index contributed by atoms with van der Waals surface area (Å²) in [7, 11) is 0. The van der Waals surface area contributed by atoms with E-state index in [1.165, 1.54) is 6.07 Å². The minimum Gasteiger partial charge on any atom is -0.212 e. The summed E-state index contributed by atoms with van der Waals surface area (Å²) in [5, 5.41) is 0. The summed E-state index contributed by atoms with van der Waals surface area (Å²) in [4.78, 5) is 3.52. The Kier molecular flexibility index (Phi) is 1.81. The fourth-order valence-electron chi connectivity index (χ4n) is 0.482. The number of nitrogens with zero attached hydrogens (tertiary/aromatic N) is 1. The lowest BCUT2D eigenvalue weighted by molar-refractivity contribution is 0.580. The maximum absolute atomic E-state index is 12.2. The summed E-state index contributed by atoms with van der Waals surface area (Å²) in [6, 6.07) is 3.01. The molecule has 0 unspecified atom stereocenters. The van der Waals surface area contributed by atoms with Gasteiger partial charge in [0, 0.05) is 0 Å². The van der Waals surface area contributed by atoms with Crippen LogP contribution in [-0.4, -0.2) is 4.98 Å². The smallest absolute Gasteiger partial charge is 0.212 e. The maximum Gasteiger partial charge on any atom is 0.213 e. The third kappa shape index (κ3) is 1.48. The Morgan fingerprint density at radius 2 is 2.22 bits per heavy atom. The minimum atomic E-state index is -0.451. The first-order chi connectivity index (χ1) is 4.20. The molecule has 1 heterocycles. The van der Waals surface area contributed by atoms with Crippen LogP contribution in [0, 0.1) is 12.9 Å². The highest BCUT2D eigenvalue weighted by atomic mass is 79.9. The van der Waals surface area contributed by atoms with Crippen LogP contribution in [0.25, 0.3) is 0 Å². The van der Waals surface area contributed by atoms with Gasteiger partial charge in [-0.1, -0.05) is 6.07 Å². The quantitative estimate of drug-likeness (QED) is 0.572. The van der Waals surface area contributed by atoms with Crippen LogP contribution in [0.1, 0.15) is 5.56 Å². The normalized spacial score (nSPS) is 9.67. The van der Waals surface area contributed by atoms with Crippen LogP contribution in [0.3, 0.4) is 0 Å². The number of hydrogen-bond acceptors (Lipinski definition) is 1. The fourth-order valence-corrected chi connectivity index (χ4v) is 0.783. The van der Waals surface area contributed by atoms with E-state index in [0.29, 0.717) is 4.60 Å². The van der Waals surface area contributed by atoms with Crippen molar-refractivity contribution in [3.8, 4) is 0 Å². The van der Waals surface area contributed by atoms with Crippen LogP contribution < -0.4 is 0 Å². The largest absolute Gasteiger partial charge is 0.213 e. The van der Waals surface area contributed by atoms with Gasteiger partial charge in [0.1, 0.15) is 4.60 Å². The molecule has 0 amide bonds. The van der Waals surface area contributed by atoms with Gasteiger partial charge in [0.2, 0.25) is 5.95 Å². The lowest BCUT2D eigenvalue weighted by Crippen LogP contribution is -1.84. The second-order valence-electron chi connectivity index (χ2n) is 1.74. The Morgan fingerprint density at radius 3 is 2.67 bits per heavy atom. The van der Waals surface area contributed by atoms with E-state index in [4.69, 9.17) is 0 Å². The Hall–Kier alpha value is -0.440. The molecule has 48 valence electrons. The highest BCUT2D eigenvalue weighted by Crippen LogP contribution is 2.11. The Balaban J connectivity index is 3.17. The van der Waals surface area contributed by atoms with E-state index in [0.717, 1.165) is 5.56 Å². The van der Waals surface area contributed by atoms with Crippen molar-refractivity contribution in [1.82, 2.24) is 4.98 Å². The molecule has 0 atom stereocenters. The third-order valence-corrected chi connectivity index (χ3v) is 1.80. The van der Waals surface area contributed by atoms with Gasteiger partial charge in [0.05, 0.1) is 0 Å². The molecule has 0 aliphatic heterocycles. The molecule has 1 aromatic heterocycles. The average molecular weight is 190 g/mol. The predicted octanol–water partition coefficient (Wildman–Crippen LogP) is 2.29. The molecular formula is C6H5BrFN. The molecule has 0 aliphatic rings. The van der Waals surface area contributed by atoms with Gasteiger partial charge < -0.3 is 0 Å². The molecule has 0 saturated heterocycles. The van der Waals surface area contributed by atoms with E-state index in [2.05, 4.69) is 20.9 Å². The molecule has 0 aliphatic carbocycles. The average Bonchev–Trinajstić information content (AvgIpc) is 1.80. The van der Waals surface area contributed by atoms with Crippen molar-refractivity contribution in [2.75, 3.05) is 0 Å². The summed E-state index contributed by atoms with van der Waals surface area (Å²) in [6.45, 7) is 1.86. The molecule has 0 aromatic carbocycles. The van der Waals surface area contributed by atoms with E-state index in [1.54, 1.807) is 6.07 Å². The summed E-state index contributed by atoms with van der Waals surface area (Å²) < 4.78 is 12.8. The van der Waals surface area contributed by atoms with Crippen LogP contribution in [0.15, 0.2) is 16.7 Å². The Bertz CT molecular complexity index is 224. The first-order valence-electron chi connectivity index (χ1n) is 2.49. The zero-order chi connectivity index (χ0) is 6.85. The number of rotatable bonds is 0. The monoisotopic (exact) mass is 189 g/mol. The Morgan fingerprint density at radius 1 is 1.56 bits per heavy atom. The first-order valence-corrected chi connectivity index (χ1v) is 3.28. The molecule has 3 heteroatoms. The predicted molar refractivity (Wildman–Crippen MR) is 36.6 cm³/mol. The van der Waals surface area contributed by atoms with Crippen LogP contribution in [0.2, 0.25) is 0 Å². The fraction of sp³-hybridized carbons (Fsp3) is 0.167. The number of halogens is 2. The maximum atomic E-state index is 12.2. The van der Waals surface area contributed by atoms with Crippen LogP contribution in [0.5, 0.6) is 0 Å². The van der Waals surface area contributed by atoms with Crippen molar-refractivity contribution in [3.05, 3.63) is 28.2 Å². The molecule has 0 saturated carbocycles. The van der Waals surface area contributed by atoms with Gasteiger partial charge in [-0.25, -0.2) is 4.98 Å². The molecule has 0 bridgehead atoms. The van der Waals surface area contributed by atoms with Crippen molar-refractivity contribution < 1.29 is 4.39 Å². The lowest BCUT2D eigenvalue weighted by Gasteiger charge is -1.93. The molecule has 0 radical (unpaired) electrons. The topological polar surface area (TPSA) is 12.9 Å². The second kappa shape index (κ2) is 2.43. The highest BCUT2D eigenvalue weighted by Gasteiger charge is 1.95. The van der Waals surface area contributed by atoms with Crippen molar-refractivity contribution >= 4 is 15.9 Å². The molecular weight excluding hydrogens is 185 g/mol. The molecule has 1 nitrogen and oxygen atoms in total.